The van der Waals surface area contributed by atoms with Gasteiger partial charge in [-0.25, -0.2) is 0 Å². The number of nitrogens with zero attached hydrogens (tertiary/aromatic N) is 1. The third-order valence-electron chi connectivity index (χ3n) is 11.8. The minimum atomic E-state index is -0.467. The van der Waals surface area contributed by atoms with Gasteiger partial charge in [0.15, 0.2) is 0 Å². The van der Waals surface area contributed by atoms with E-state index in [4.69, 9.17) is 4.42 Å². The van der Waals surface area contributed by atoms with E-state index in [1.54, 1.807) is 0 Å². The molecule has 0 amide bonds. The number of hydrogen-bond acceptors (Lipinski definition) is 2. The van der Waals surface area contributed by atoms with Crippen LogP contribution in [-0.4, -0.2) is 0 Å². The lowest BCUT2D eigenvalue weighted by Crippen LogP contribution is -2.28. The van der Waals surface area contributed by atoms with Crippen LogP contribution in [0.1, 0.15) is 22.3 Å². The second-order valence-electron chi connectivity index (χ2n) is 14.8. The van der Waals surface area contributed by atoms with Gasteiger partial charge in [-0.3, -0.25) is 0 Å². The van der Waals surface area contributed by atoms with Gasteiger partial charge in [0.25, 0.3) is 0 Å². The zero-order valence-electron chi connectivity index (χ0n) is 31.2. The van der Waals surface area contributed by atoms with E-state index in [1.807, 2.05) is 12.1 Å². The van der Waals surface area contributed by atoms with E-state index in [9.17, 15) is 0 Å². The predicted octanol–water partition coefficient (Wildman–Crippen LogP) is 14.8. The van der Waals surface area contributed by atoms with Crippen LogP contribution in [-0.2, 0) is 5.41 Å². The molecule has 0 atom stereocenters. The van der Waals surface area contributed by atoms with Crippen LogP contribution in [0.5, 0.6) is 0 Å². The smallest absolute Gasteiger partial charge is 0.143 e. The predicted molar refractivity (Wildman–Crippen MR) is 237 cm³/mol. The van der Waals surface area contributed by atoms with Crippen molar-refractivity contribution in [2.45, 2.75) is 5.41 Å². The Morgan fingerprint density at radius 3 is 1.65 bits per heavy atom. The molecule has 57 heavy (non-hydrogen) atoms. The molecule has 1 heterocycles. The van der Waals surface area contributed by atoms with Crippen LogP contribution < -0.4 is 4.90 Å². The van der Waals surface area contributed by atoms with E-state index >= 15 is 0 Å². The maximum atomic E-state index is 6.53. The monoisotopic (exact) mass is 727 g/mol. The Balaban J connectivity index is 1.11. The summed E-state index contributed by atoms with van der Waals surface area (Å²) >= 11 is 0. The number of anilines is 3. The molecule has 1 aliphatic carbocycles. The Kier molecular flexibility index (Phi) is 7.75. The second-order valence-corrected chi connectivity index (χ2v) is 14.8. The summed E-state index contributed by atoms with van der Waals surface area (Å²) in [6, 6.07) is 81.2. The molecule has 10 aromatic rings. The molecule has 0 radical (unpaired) electrons. The van der Waals surface area contributed by atoms with Gasteiger partial charge >= 0.3 is 0 Å². The highest BCUT2D eigenvalue weighted by Gasteiger charge is 2.45. The van der Waals surface area contributed by atoms with Crippen LogP contribution in [0.3, 0.4) is 0 Å². The average molecular weight is 728 g/mol. The molecule has 0 unspecified atom stereocenters. The summed E-state index contributed by atoms with van der Waals surface area (Å²) in [7, 11) is 0. The van der Waals surface area contributed by atoms with Gasteiger partial charge in [-0.1, -0.05) is 188 Å². The van der Waals surface area contributed by atoms with Gasteiger partial charge in [-0.15, -0.1) is 0 Å². The van der Waals surface area contributed by atoms with Gasteiger partial charge in [0, 0.05) is 33.3 Å². The van der Waals surface area contributed by atoms with Gasteiger partial charge in [-0.2, -0.15) is 0 Å². The Labute approximate surface area is 332 Å². The highest BCUT2D eigenvalue weighted by molar-refractivity contribution is 6.09. The van der Waals surface area contributed by atoms with E-state index < -0.39 is 5.41 Å². The largest absolute Gasteiger partial charge is 0.455 e. The van der Waals surface area contributed by atoms with Crippen molar-refractivity contribution in [3.05, 3.63) is 247 Å². The zero-order valence-corrected chi connectivity index (χ0v) is 31.2. The highest BCUT2D eigenvalue weighted by atomic mass is 16.3. The lowest BCUT2D eigenvalue weighted by atomic mass is 9.68. The molecule has 0 bridgehead atoms. The van der Waals surface area contributed by atoms with Crippen LogP contribution >= 0.6 is 0 Å². The van der Waals surface area contributed by atoms with Crippen LogP contribution in [0.15, 0.2) is 229 Å². The molecule has 1 aliphatic rings. The van der Waals surface area contributed by atoms with Crippen molar-refractivity contribution in [3.63, 3.8) is 0 Å². The van der Waals surface area contributed by atoms with Crippen molar-refractivity contribution in [2.24, 2.45) is 0 Å². The lowest BCUT2D eigenvalue weighted by molar-refractivity contribution is 0.670. The van der Waals surface area contributed by atoms with Gasteiger partial charge in [0.05, 0.1) is 11.1 Å². The minimum absolute atomic E-state index is 0.467. The van der Waals surface area contributed by atoms with Gasteiger partial charge in [0.1, 0.15) is 11.2 Å². The maximum absolute atomic E-state index is 6.53. The number of rotatable bonds is 7. The SMILES string of the molecule is c1ccc(-c2ccccc2N(c2ccc(C3(c4ccccc4)c4ccccc4-c4ccccc43)cc2)c2cccc(-c3cccc4c3oc3ccccc34)c2)cc1. The number of hydrogen-bond donors (Lipinski definition) is 0. The van der Waals surface area contributed by atoms with Gasteiger partial charge in [-0.05, 0) is 80.9 Å². The molecular weight excluding hydrogens is 691 g/mol. The van der Waals surface area contributed by atoms with Crippen molar-refractivity contribution < 1.29 is 4.42 Å². The summed E-state index contributed by atoms with van der Waals surface area (Å²) < 4.78 is 6.53. The molecule has 11 rings (SSSR count). The first-order valence-electron chi connectivity index (χ1n) is 19.6. The van der Waals surface area contributed by atoms with Crippen LogP contribution in [0.4, 0.5) is 17.1 Å². The summed E-state index contributed by atoms with van der Waals surface area (Å²) in [5.41, 5.74) is 16.7. The molecule has 0 aliphatic heterocycles. The summed E-state index contributed by atoms with van der Waals surface area (Å²) in [4.78, 5) is 2.40. The first kappa shape index (κ1) is 33.0. The van der Waals surface area contributed by atoms with E-state index in [-0.39, 0.29) is 0 Å². The molecule has 1 aromatic heterocycles. The van der Waals surface area contributed by atoms with Crippen molar-refractivity contribution in [2.75, 3.05) is 4.90 Å². The molecule has 2 heteroatoms. The number of furan rings is 1. The minimum Gasteiger partial charge on any atom is -0.455 e. The van der Waals surface area contributed by atoms with Gasteiger partial charge in [0.2, 0.25) is 0 Å². The standard InChI is InChI=1S/C55H37NO/c1-3-17-38(18-4-1)44-23-9-13-31-52(44)56(43-22-15-19-39(37-43)45-27-16-28-49-48-26-10-14-32-53(48)57-54(45)49)42-35-33-41(34-36-42)55(40-20-5-2-6-21-40)50-29-11-7-24-46(50)47-25-8-12-30-51(47)55/h1-37H. The molecule has 268 valence electrons. The maximum Gasteiger partial charge on any atom is 0.143 e. The molecule has 0 saturated heterocycles. The fourth-order valence-electron chi connectivity index (χ4n) is 9.32. The summed E-state index contributed by atoms with van der Waals surface area (Å²) in [6.45, 7) is 0. The third-order valence-corrected chi connectivity index (χ3v) is 11.8. The summed E-state index contributed by atoms with van der Waals surface area (Å²) in [5.74, 6) is 0. The molecule has 0 N–H and O–H groups in total. The molecule has 0 saturated carbocycles. The number of para-hydroxylation sites is 3. The van der Waals surface area contributed by atoms with E-state index in [1.165, 1.54) is 38.9 Å². The Morgan fingerprint density at radius 2 is 0.895 bits per heavy atom. The van der Waals surface area contributed by atoms with Crippen molar-refractivity contribution >= 4 is 39.0 Å². The van der Waals surface area contributed by atoms with Crippen LogP contribution in [0.25, 0.3) is 55.3 Å². The average Bonchev–Trinajstić information content (AvgIpc) is 3.82. The number of benzene rings is 9. The van der Waals surface area contributed by atoms with Crippen LogP contribution in [0.2, 0.25) is 0 Å². The van der Waals surface area contributed by atoms with Crippen molar-refractivity contribution in [3.8, 4) is 33.4 Å². The Morgan fingerprint density at radius 1 is 0.351 bits per heavy atom. The number of fused-ring (bicyclic) bond motifs is 6. The molecule has 0 spiro atoms. The molecular formula is C55H37NO. The first-order valence-corrected chi connectivity index (χ1v) is 19.6. The molecule has 0 fully saturated rings. The van der Waals surface area contributed by atoms with Crippen LogP contribution in [0, 0.1) is 0 Å². The Bertz CT molecular complexity index is 3020. The fourth-order valence-corrected chi connectivity index (χ4v) is 9.32. The van der Waals surface area contributed by atoms with Crippen molar-refractivity contribution in [1.29, 1.82) is 0 Å². The van der Waals surface area contributed by atoms with Gasteiger partial charge < -0.3 is 9.32 Å². The molecule has 2 nitrogen and oxygen atoms in total. The summed E-state index contributed by atoms with van der Waals surface area (Å²) in [5, 5.41) is 2.25. The topological polar surface area (TPSA) is 16.4 Å². The Hall–Kier alpha value is -7.42. The van der Waals surface area contributed by atoms with E-state index in [0.717, 1.165) is 55.7 Å². The third kappa shape index (κ3) is 5.18. The lowest BCUT2D eigenvalue weighted by Gasteiger charge is -2.34. The van der Waals surface area contributed by atoms with E-state index in [0.29, 0.717) is 0 Å². The zero-order chi connectivity index (χ0) is 37.8. The van der Waals surface area contributed by atoms with Crippen molar-refractivity contribution in [1.82, 2.24) is 0 Å². The van der Waals surface area contributed by atoms with E-state index in [2.05, 4.69) is 217 Å². The second kappa shape index (κ2) is 13.4. The molecule has 9 aromatic carbocycles. The quantitative estimate of drug-likeness (QED) is 0.163. The normalized spacial score (nSPS) is 12.7. The summed E-state index contributed by atoms with van der Waals surface area (Å²) in [6.07, 6.45) is 0. The first-order chi connectivity index (χ1) is 28.3. The fraction of sp³-hybridized carbons (Fsp3) is 0.0182. The highest BCUT2D eigenvalue weighted by Crippen LogP contribution is 2.56.